The first-order chi connectivity index (χ1) is 20.6. The highest BCUT2D eigenvalue weighted by Gasteiger charge is 2.17. The summed E-state index contributed by atoms with van der Waals surface area (Å²) in [5, 5.41) is 6.46. The molecule has 0 atom stereocenters. The molecule has 222 valence electrons. The van der Waals surface area contributed by atoms with E-state index in [4.69, 9.17) is 9.72 Å². The number of nitrogens with one attached hydrogen (secondary N) is 2. The zero-order valence-corrected chi connectivity index (χ0v) is 25.6. The molecule has 0 saturated carbocycles. The number of pyridine rings is 1. The van der Waals surface area contributed by atoms with Crippen molar-refractivity contribution in [2.45, 2.75) is 41.2 Å². The average molecular weight is 579 g/mol. The van der Waals surface area contributed by atoms with Crippen molar-refractivity contribution in [3.8, 4) is 5.75 Å². The summed E-state index contributed by atoms with van der Waals surface area (Å²) >= 11 is 0. The highest BCUT2D eigenvalue weighted by Crippen LogP contribution is 2.30. The molecule has 0 saturated heterocycles. The Morgan fingerprint density at radius 3 is 2.40 bits per heavy atom. The fourth-order valence-corrected chi connectivity index (χ4v) is 4.94. The fraction of sp³-hybridized carbons (Fsp3) is 0.257. The number of anilines is 1. The number of nitrogens with zero attached hydrogens (tertiary/aromatic N) is 2. The molecule has 0 spiro atoms. The number of carbonyl (C=O) groups excluding carboxylic acids is 3. The maximum Gasteiger partial charge on any atom is 0.251 e. The minimum Gasteiger partial charge on any atom is -0.487 e. The maximum absolute atomic E-state index is 13.0. The molecule has 4 rings (SSSR count). The standard InChI is InChI=1S/C35H38N4O4/c1-7-36-35(42)27-15-12-26(13-16-27)14-18-32(40)37-20-33(41)39(6)30-17-11-22(2)29(25(30)5)21-43-31-10-8-9-28-23(3)19-24(4)38-34(28)31/h8-19H,7,20-21H2,1-6H3,(H,36,42)(H,37,40). The van der Waals surface area contributed by atoms with E-state index in [-0.39, 0.29) is 18.4 Å². The van der Waals surface area contributed by atoms with E-state index in [2.05, 4.69) is 23.6 Å². The number of aryl methyl sites for hydroxylation is 3. The Balaban J connectivity index is 1.39. The summed E-state index contributed by atoms with van der Waals surface area (Å²) in [5.41, 5.74) is 7.95. The van der Waals surface area contributed by atoms with E-state index in [0.29, 0.717) is 24.5 Å². The first-order valence-corrected chi connectivity index (χ1v) is 14.3. The Bertz CT molecular complexity index is 1690. The zero-order chi connectivity index (χ0) is 31.1. The number of para-hydroxylation sites is 1. The molecule has 1 heterocycles. The number of carbonyl (C=O) groups is 3. The highest BCUT2D eigenvalue weighted by molar-refractivity contribution is 5.99. The number of benzene rings is 3. The van der Waals surface area contributed by atoms with Gasteiger partial charge >= 0.3 is 0 Å². The molecule has 8 heteroatoms. The quantitative estimate of drug-likeness (QED) is 0.239. The number of fused-ring (bicyclic) bond motifs is 1. The van der Waals surface area contributed by atoms with E-state index in [1.54, 1.807) is 42.3 Å². The van der Waals surface area contributed by atoms with Crippen molar-refractivity contribution in [1.82, 2.24) is 15.6 Å². The van der Waals surface area contributed by atoms with Crippen molar-refractivity contribution in [1.29, 1.82) is 0 Å². The fourth-order valence-electron chi connectivity index (χ4n) is 4.94. The Morgan fingerprint density at radius 2 is 1.67 bits per heavy atom. The number of likely N-dealkylation sites (N-methyl/N-ethyl adjacent to an activating group) is 1. The van der Waals surface area contributed by atoms with Crippen molar-refractivity contribution in [3.63, 3.8) is 0 Å². The maximum atomic E-state index is 13.0. The molecule has 3 aromatic carbocycles. The SMILES string of the molecule is CCNC(=O)c1ccc(C=CC(=O)NCC(=O)N(C)c2ccc(C)c(COc3cccc4c(C)cc(C)nc34)c2C)cc1. The van der Waals surface area contributed by atoms with E-state index < -0.39 is 5.91 Å². The van der Waals surface area contributed by atoms with Gasteiger partial charge in [0.05, 0.1) is 6.54 Å². The van der Waals surface area contributed by atoms with Crippen LogP contribution in [-0.4, -0.2) is 42.8 Å². The van der Waals surface area contributed by atoms with Gasteiger partial charge in [0.2, 0.25) is 11.8 Å². The van der Waals surface area contributed by atoms with Crippen LogP contribution >= 0.6 is 0 Å². The van der Waals surface area contributed by atoms with Gasteiger partial charge in [-0.1, -0.05) is 30.3 Å². The Kier molecular flexibility index (Phi) is 9.93. The molecule has 0 bridgehead atoms. The van der Waals surface area contributed by atoms with Crippen LogP contribution in [0.4, 0.5) is 5.69 Å². The number of rotatable bonds is 10. The van der Waals surface area contributed by atoms with E-state index >= 15 is 0 Å². The van der Waals surface area contributed by atoms with E-state index in [0.717, 1.165) is 50.1 Å². The molecule has 0 unspecified atom stereocenters. The minimum atomic E-state index is -0.390. The molecular formula is C35H38N4O4. The summed E-state index contributed by atoms with van der Waals surface area (Å²) < 4.78 is 6.29. The molecule has 0 radical (unpaired) electrons. The minimum absolute atomic E-state index is 0.144. The summed E-state index contributed by atoms with van der Waals surface area (Å²) in [5.74, 6) is -0.0738. The van der Waals surface area contributed by atoms with Crippen LogP contribution in [0.25, 0.3) is 17.0 Å². The number of aromatic nitrogens is 1. The molecule has 4 aromatic rings. The van der Waals surface area contributed by atoms with Crippen LogP contribution in [-0.2, 0) is 16.2 Å². The first kappa shape index (κ1) is 31.0. The summed E-state index contributed by atoms with van der Waals surface area (Å²) in [6.07, 6.45) is 3.00. The van der Waals surface area contributed by atoms with E-state index in [1.807, 2.05) is 58.0 Å². The number of hydrogen-bond acceptors (Lipinski definition) is 5. The van der Waals surface area contributed by atoms with Crippen LogP contribution in [0.1, 0.15) is 50.8 Å². The number of hydrogen-bond donors (Lipinski definition) is 2. The van der Waals surface area contributed by atoms with E-state index in [1.165, 1.54) is 6.08 Å². The van der Waals surface area contributed by atoms with Gasteiger partial charge in [-0.15, -0.1) is 0 Å². The Labute approximate surface area is 252 Å². The normalized spacial score (nSPS) is 11.0. The van der Waals surface area contributed by atoms with Gasteiger partial charge in [0.25, 0.3) is 5.91 Å². The van der Waals surface area contributed by atoms with Crippen molar-refractivity contribution in [2.75, 3.05) is 25.0 Å². The third-order valence-corrected chi connectivity index (χ3v) is 7.40. The van der Waals surface area contributed by atoms with Gasteiger partial charge < -0.3 is 20.3 Å². The molecule has 3 amide bonds. The first-order valence-electron chi connectivity index (χ1n) is 14.3. The molecule has 8 nitrogen and oxygen atoms in total. The summed E-state index contributed by atoms with van der Waals surface area (Å²) in [6, 6.07) is 18.8. The smallest absolute Gasteiger partial charge is 0.251 e. The summed E-state index contributed by atoms with van der Waals surface area (Å²) in [6.45, 7) is 10.6. The van der Waals surface area contributed by atoms with Gasteiger partial charge in [-0.05, 0) is 98.8 Å². The average Bonchev–Trinajstić information content (AvgIpc) is 2.99. The van der Waals surface area contributed by atoms with Gasteiger partial charge in [-0.3, -0.25) is 14.4 Å². The van der Waals surface area contributed by atoms with Crippen LogP contribution in [0.5, 0.6) is 5.75 Å². The van der Waals surface area contributed by atoms with Crippen molar-refractivity contribution in [3.05, 3.63) is 106 Å². The van der Waals surface area contributed by atoms with Crippen molar-refractivity contribution >= 4 is 40.4 Å². The number of amides is 3. The molecule has 0 aliphatic carbocycles. The second-order valence-corrected chi connectivity index (χ2v) is 10.5. The zero-order valence-electron chi connectivity index (χ0n) is 25.6. The monoisotopic (exact) mass is 578 g/mol. The number of ether oxygens (including phenoxy) is 1. The molecule has 0 aliphatic rings. The van der Waals surface area contributed by atoms with Crippen LogP contribution in [0.3, 0.4) is 0 Å². The van der Waals surface area contributed by atoms with Gasteiger partial charge in [-0.2, -0.15) is 0 Å². The van der Waals surface area contributed by atoms with Crippen LogP contribution in [0.15, 0.2) is 66.7 Å². The van der Waals surface area contributed by atoms with Crippen LogP contribution in [0, 0.1) is 27.7 Å². The summed E-state index contributed by atoms with van der Waals surface area (Å²) in [4.78, 5) is 43.6. The predicted octanol–water partition coefficient (Wildman–Crippen LogP) is 5.59. The van der Waals surface area contributed by atoms with Crippen molar-refractivity contribution < 1.29 is 19.1 Å². The lowest BCUT2D eigenvalue weighted by atomic mass is 10.0. The third kappa shape index (κ3) is 7.46. The lowest BCUT2D eigenvalue weighted by Crippen LogP contribution is -2.38. The predicted molar refractivity (Wildman–Crippen MR) is 171 cm³/mol. The Hall–Kier alpha value is -4.98. The summed E-state index contributed by atoms with van der Waals surface area (Å²) in [7, 11) is 1.70. The van der Waals surface area contributed by atoms with Crippen LogP contribution in [0.2, 0.25) is 0 Å². The molecule has 2 N–H and O–H groups in total. The van der Waals surface area contributed by atoms with Gasteiger partial charge in [0, 0.05) is 42.0 Å². The molecule has 0 aliphatic heterocycles. The topological polar surface area (TPSA) is 101 Å². The molecule has 1 aromatic heterocycles. The highest BCUT2D eigenvalue weighted by atomic mass is 16.5. The van der Waals surface area contributed by atoms with Gasteiger partial charge in [0.1, 0.15) is 17.9 Å². The second kappa shape index (κ2) is 13.8. The van der Waals surface area contributed by atoms with Gasteiger partial charge in [0.15, 0.2) is 0 Å². The van der Waals surface area contributed by atoms with Crippen LogP contribution < -0.4 is 20.3 Å². The largest absolute Gasteiger partial charge is 0.487 e. The second-order valence-electron chi connectivity index (χ2n) is 10.5. The van der Waals surface area contributed by atoms with Crippen molar-refractivity contribution in [2.24, 2.45) is 0 Å². The van der Waals surface area contributed by atoms with Gasteiger partial charge in [-0.25, -0.2) is 4.98 Å². The molecule has 43 heavy (non-hydrogen) atoms. The van der Waals surface area contributed by atoms with E-state index in [9.17, 15) is 14.4 Å². The molecule has 0 fully saturated rings. The Morgan fingerprint density at radius 1 is 0.930 bits per heavy atom. The third-order valence-electron chi connectivity index (χ3n) is 7.40. The lowest BCUT2D eigenvalue weighted by Gasteiger charge is -2.23. The lowest BCUT2D eigenvalue weighted by molar-refractivity contribution is -0.122. The molecular weight excluding hydrogens is 540 g/mol.